The summed E-state index contributed by atoms with van der Waals surface area (Å²) in [6, 6.07) is 17.6. The summed E-state index contributed by atoms with van der Waals surface area (Å²) in [7, 11) is 0. The first-order chi connectivity index (χ1) is 19.8. The topological polar surface area (TPSA) is 98.7 Å². The number of aliphatic hydroxyl groups excluding tert-OH is 1. The fourth-order valence-electron chi connectivity index (χ4n) is 7.72. The first kappa shape index (κ1) is 31.1. The van der Waals surface area contributed by atoms with Crippen molar-refractivity contribution in [3.05, 3.63) is 66.2 Å². The summed E-state index contributed by atoms with van der Waals surface area (Å²) in [5.41, 5.74) is 1.10. The van der Waals surface area contributed by atoms with E-state index in [0.29, 0.717) is 18.5 Å². The molecule has 0 aromatic heterocycles. The Hall–Kier alpha value is -2.36. The number of nitrogens with zero attached hydrogens (tertiary/aromatic N) is 1. The van der Waals surface area contributed by atoms with Gasteiger partial charge in [-0.2, -0.15) is 0 Å². The molecule has 0 aliphatic carbocycles. The number of amides is 3. The number of alkyl halides is 1. The molecule has 1 spiro atoms. The molecule has 226 valence electrons. The molecule has 3 aliphatic rings. The molecule has 3 aliphatic heterocycles. The number of nitrogens with one attached hydrogen (secondary N) is 2. The predicted octanol–water partition coefficient (Wildman–Crippen LogP) is 5.02. The minimum Gasteiger partial charge on any atom is -0.394 e. The summed E-state index contributed by atoms with van der Waals surface area (Å²) in [4.78, 5) is 44.5. The molecule has 0 saturated carbocycles. The van der Waals surface area contributed by atoms with E-state index in [2.05, 4.69) is 47.3 Å². The highest BCUT2D eigenvalue weighted by Crippen LogP contribution is 2.68. The van der Waals surface area contributed by atoms with E-state index in [-0.39, 0.29) is 39.8 Å². The predicted molar refractivity (Wildman–Crippen MR) is 171 cm³/mol. The smallest absolute Gasteiger partial charge is 0.244 e. The number of thioether (sulfide) groups is 1. The third kappa shape index (κ3) is 5.89. The van der Waals surface area contributed by atoms with E-state index in [9.17, 15) is 19.5 Å². The van der Waals surface area contributed by atoms with Crippen LogP contribution in [0.2, 0.25) is 0 Å². The molecule has 5 rings (SSSR count). The Balaban J connectivity index is 1.54. The van der Waals surface area contributed by atoms with Gasteiger partial charge in [0.25, 0.3) is 0 Å². The van der Waals surface area contributed by atoms with Crippen molar-refractivity contribution in [1.82, 2.24) is 10.2 Å². The van der Waals surface area contributed by atoms with Gasteiger partial charge in [-0.15, -0.1) is 11.8 Å². The number of hydrogen-bond acceptors (Lipinski definition) is 5. The van der Waals surface area contributed by atoms with Crippen molar-refractivity contribution in [3.8, 4) is 0 Å². The molecule has 3 saturated heterocycles. The van der Waals surface area contributed by atoms with Crippen molar-refractivity contribution < 1.29 is 19.5 Å². The van der Waals surface area contributed by atoms with Crippen LogP contribution in [-0.4, -0.2) is 66.8 Å². The Morgan fingerprint density at radius 2 is 1.67 bits per heavy atom. The summed E-state index contributed by atoms with van der Waals surface area (Å²) >= 11 is 5.44. The molecule has 2 aromatic carbocycles. The lowest BCUT2D eigenvalue weighted by molar-refractivity contribution is -0.142. The summed E-state index contributed by atoms with van der Waals surface area (Å²) in [5.74, 6) is -1.93. The van der Waals surface area contributed by atoms with E-state index in [1.807, 2.05) is 74.5 Å². The van der Waals surface area contributed by atoms with Crippen LogP contribution >= 0.6 is 27.7 Å². The van der Waals surface area contributed by atoms with Crippen molar-refractivity contribution >= 4 is 51.1 Å². The molecule has 42 heavy (non-hydrogen) atoms. The second-order valence-corrected chi connectivity index (χ2v) is 16.6. The Bertz CT molecular complexity index is 1320. The molecule has 3 N–H and O–H groups in total. The van der Waals surface area contributed by atoms with E-state index < -0.39 is 34.2 Å². The van der Waals surface area contributed by atoms with Gasteiger partial charge in [0.2, 0.25) is 17.7 Å². The number of halogens is 1. The Morgan fingerprint density at radius 3 is 2.26 bits per heavy atom. The monoisotopic (exact) mass is 655 g/mol. The number of likely N-dealkylation sites (tertiary alicyclic amines) is 1. The summed E-state index contributed by atoms with van der Waals surface area (Å²) in [6.07, 6.45) is 1.74. The van der Waals surface area contributed by atoms with Crippen LogP contribution in [0.5, 0.6) is 0 Å². The van der Waals surface area contributed by atoms with Gasteiger partial charge < -0.3 is 20.6 Å². The van der Waals surface area contributed by atoms with Gasteiger partial charge in [0.1, 0.15) is 6.04 Å². The van der Waals surface area contributed by atoms with Crippen LogP contribution in [0.15, 0.2) is 60.7 Å². The Labute approximate surface area is 261 Å². The highest BCUT2D eigenvalue weighted by atomic mass is 79.9. The third-order valence-electron chi connectivity index (χ3n) is 8.67. The van der Waals surface area contributed by atoms with Gasteiger partial charge in [-0.25, -0.2) is 0 Å². The van der Waals surface area contributed by atoms with Crippen molar-refractivity contribution in [3.63, 3.8) is 0 Å². The summed E-state index contributed by atoms with van der Waals surface area (Å²) in [5, 5.41) is 16.9. The van der Waals surface area contributed by atoms with Crippen molar-refractivity contribution in [2.45, 2.75) is 86.3 Å². The SMILES string of the molecule is CC(C)(C)CC(C)(C)NC(=O)C1N([C@@H](CO)Cc2ccccc2)C(=O)[C@@H]2[C@@H](C(=O)Nc3ccccc3)[C@@H]3SC12CC3Br. The van der Waals surface area contributed by atoms with E-state index in [0.717, 1.165) is 12.0 Å². The van der Waals surface area contributed by atoms with E-state index in [4.69, 9.17) is 0 Å². The summed E-state index contributed by atoms with van der Waals surface area (Å²) < 4.78 is -0.791. The van der Waals surface area contributed by atoms with Crippen LogP contribution in [0.1, 0.15) is 53.0 Å². The zero-order valence-corrected chi connectivity index (χ0v) is 27.4. The number of para-hydroxylation sites is 1. The van der Waals surface area contributed by atoms with Crippen LogP contribution in [0.25, 0.3) is 0 Å². The molecule has 3 unspecified atom stereocenters. The normalized spacial score (nSPS) is 29.4. The van der Waals surface area contributed by atoms with Gasteiger partial charge in [-0.1, -0.05) is 85.2 Å². The second-order valence-electron chi connectivity index (χ2n) is 13.9. The first-order valence-electron chi connectivity index (χ1n) is 14.7. The van der Waals surface area contributed by atoms with Gasteiger partial charge in [0.15, 0.2) is 0 Å². The number of hydrogen-bond donors (Lipinski definition) is 3. The highest BCUT2D eigenvalue weighted by Gasteiger charge is 2.76. The molecule has 3 heterocycles. The fraction of sp³-hybridized carbons (Fsp3) is 0.545. The lowest BCUT2D eigenvalue weighted by Crippen LogP contribution is -2.60. The largest absolute Gasteiger partial charge is 0.394 e. The number of carbonyl (C=O) groups is 3. The van der Waals surface area contributed by atoms with Crippen LogP contribution in [0.4, 0.5) is 5.69 Å². The summed E-state index contributed by atoms with van der Waals surface area (Å²) in [6.45, 7) is 10.2. The molecule has 2 aromatic rings. The maximum Gasteiger partial charge on any atom is 0.244 e. The lowest BCUT2D eigenvalue weighted by atomic mass is 9.70. The first-order valence-corrected chi connectivity index (χ1v) is 16.5. The van der Waals surface area contributed by atoms with Crippen LogP contribution in [0.3, 0.4) is 0 Å². The van der Waals surface area contributed by atoms with Gasteiger partial charge in [0.05, 0.1) is 29.2 Å². The number of anilines is 1. The maximum absolute atomic E-state index is 14.6. The maximum atomic E-state index is 14.6. The molecule has 3 amide bonds. The number of fused-ring (bicyclic) bond motifs is 1. The second kappa shape index (κ2) is 11.6. The van der Waals surface area contributed by atoms with Crippen molar-refractivity contribution in [2.24, 2.45) is 17.3 Å². The number of carbonyl (C=O) groups excluding carboxylic acids is 3. The molecule has 0 radical (unpaired) electrons. The van der Waals surface area contributed by atoms with Gasteiger partial charge in [-0.05, 0) is 56.2 Å². The standard InChI is InChI=1S/C33H42BrN3O4S/c1-31(2,3)19-32(4,5)36-29(40)27-33-17-23(34)26(42-33)24(28(39)35-21-14-10-7-11-15-21)25(33)30(41)37(27)22(18-38)16-20-12-8-6-9-13-20/h6-15,22-27,38H,16-19H2,1-5H3,(H,35,39)(H,36,40)/t22-,23?,24-,25+,26-,27?,33?/m1/s1. The molecule has 2 bridgehead atoms. The third-order valence-corrected chi connectivity index (χ3v) is 11.9. The Morgan fingerprint density at radius 1 is 1.05 bits per heavy atom. The average Bonchev–Trinajstić information content (AvgIpc) is 3.50. The highest BCUT2D eigenvalue weighted by molar-refractivity contribution is 9.09. The van der Waals surface area contributed by atoms with Gasteiger partial charge >= 0.3 is 0 Å². The molecule has 9 heteroatoms. The average molecular weight is 657 g/mol. The van der Waals surface area contributed by atoms with Crippen LogP contribution in [0, 0.1) is 17.3 Å². The molecular weight excluding hydrogens is 614 g/mol. The number of rotatable bonds is 9. The molecular formula is C33H42BrN3O4S. The lowest BCUT2D eigenvalue weighted by Gasteiger charge is -2.40. The van der Waals surface area contributed by atoms with Gasteiger partial charge in [-0.3, -0.25) is 14.4 Å². The number of benzene rings is 2. The zero-order chi connectivity index (χ0) is 30.4. The minimum atomic E-state index is -0.820. The van der Waals surface area contributed by atoms with Crippen molar-refractivity contribution in [1.29, 1.82) is 0 Å². The molecule has 7 nitrogen and oxygen atoms in total. The van der Waals surface area contributed by atoms with Crippen LogP contribution < -0.4 is 10.6 Å². The zero-order valence-electron chi connectivity index (χ0n) is 25.0. The Kier molecular flexibility index (Phi) is 8.60. The van der Waals surface area contributed by atoms with Crippen molar-refractivity contribution in [2.75, 3.05) is 11.9 Å². The molecule has 7 atom stereocenters. The van der Waals surface area contributed by atoms with E-state index >= 15 is 0 Å². The fourth-order valence-corrected chi connectivity index (χ4v) is 11.3. The quantitative estimate of drug-likeness (QED) is 0.330. The molecule has 3 fully saturated rings. The van der Waals surface area contributed by atoms with Gasteiger partial charge in [0, 0.05) is 21.3 Å². The number of aliphatic hydroxyl groups is 1. The minimum absolute atomic E-state index is 0.0220. The van der Waals surface area contributed by atoms with E-state index in [1.54, 1.807) is 16.7 Å². The van der Waals surface area contributed by atoms with E-state index in [1.165, 1.54) is 0 Å². The van der Waals surface area contributed by atoms with Crippen LogP contribution in [-0.2, 0) is 20.8 Å².